The maximum atomic E-state index is 10.8. The van der Waals surface area contributed by atoms with Crippen LogP contribution >= 0.6 is 0 Å². The summed E-state index contributed by atoms with van der Waals surface area (Å²) in [4.78, 5) is 10.8. The first-order chi connectivity index (χ1) is 7.22. The van der Waals surface area contributed by atoms with Crippen LogP contribution in [0.1, 0.15) is 39.5 Å². The van der Waals surface area contributed by atoms with Gasteiger partial charge in [-0.05, 0) is 25.8 Å². The average molecular weight is 217 g/mol. The number of hydrogen-bond acceptors (Lipinski definition) is 3. The topological polar surface area (TPSA) is 58.6 Å². The largest absolute Gasteiger partial charge is 0.480 e. The van der Waals surface area contributed by atoms with Gasteiger partial charge in [-0.3, -0.25) is 4.79 Å². The Hall–Kier alpha value is -0.610. The van der Waals surface area contributed by atoms with E-state index >= 15 is 0 Å². The average Bonchev–Trinajstić information content (AvgIpc) is 2.21. The third-order valence-corrected chi connectivity index (χ3v) is 2.13. The van der Waals surface area contributed by atoms with Crippen molar-refractivity contribution in [2.75, 3.05) is 19.8 Å². The van der Waals surface area contributed by atoms with Crippen LogP contribution in [0.3, 0.4) is 0 Å². The van der Waals surface area contributed by atoms with Gasteiger partial charge in [0.2, 0.25) is 0 Å². The SMILES string of the molecule is CCCCOCCC(NCCC)C(=O)O. The van der Waals surface area contributed by atoms with E-state index in [1.165, 1.54) is 0 Å². The normalized spacial score (nSPS) is 12.7. The second kappa shape index (κ2) is 9.93. The van der Waals surface area contributed by atoms with Crippen molar-refractivity contribution in [3.05, 3.63) is 0 Å². The van der Waals surface area contributed by atoms with Crippen LogP contribution < -0.4 is 5.32 Å². The van der Waals surface area contributed by atoms with E-state index in [1.807, 2.05) is 6.92 Å². The zero-order valence-corrected chi connectivity index (χ0v) is 9.79. The highest BCUT2D eigenvalue weighted by molar-refractivity contribution is 5.73. The third-order valence-electron chi connectivity index (χ3n) is 2.13. The Labute approximate surface area is 92.0 Å². The Morgan fingerprint density at radius 3 is 2.60 bits per heavy atom. The highest BCUT2D eigenvalue weighted by Crippen LogP contribution is 1.96. The van der Waals surface area contributed by atoms with E-state index in [1.54, 1.807) is 0 Å². The van der Waals surface area contributed by atoms with Gasteiger partial charge in [0.15, 0.2) is 0 Å². The molecule has 4 nitrogen and oxygen atoms in total. The van der Waals surface area contributed by atoms with Gasteiger partial charge in [-0.1, -0.05) is 20.3 Å². The van der Waals surface area contributed by atoms with Gasteiger partial charge in [-0.15, -0.1) is 0 Å². The molecule has 0 saturated heterocycles. The van der Waals surface area contributed by atoms with Crippen LogP contribution in [0.15, 0.2) is 0 Å². The van der Waals surface area contributed by atoms with E-state index in [4.69, 9.17) is 9.84 Å². The zero-order chi connectivity index (χ0) is 11.5. The lowest BCUT2D eigenvalue weighted by Gasteiger charge is -2.13. The van der Waals surface area contributed by atoms with Crippen LogP contribution in [-0.4, -0.2) is 36.9 Å². The van der Waals surface area contributed by atoms with Crippen molar-refractivity contribution < 1.29 is 14.6 Å². The molecule has 15 heavy (non-hydrogen) atoms. The van der Waals surface area contributed by atoms with E-state index in [0.29, 0.717) is 13.0 Å². The van der Waals surface area contributed by atoms with Crippen molar-refractivity contribution in [3.63, 3.8) is 0 Å². The molecule has 0 bridgehead atoms. The summed E-state index contributed by atoms with van der Waals surface area (Å²) in [5.41, 5.74) is 0. The van der Waals surface area contributed by atoms with Gasteiger partial charge >= 0.3 is 5.97 Å². The van der Waals surface area contributed by atoms with Crippen molar-refractivity contribution in [2.45, 2.75) is 45.6 Å². The van der Waals surface area contributed by atoms with Gasteiger partial charge in [0.05, 0.1) is 0 Å². The molecule has 0 aromatic heterocycles. The summed E-state index contributed by atoms with van der Waals surface area (Å²) in [7, 11) is 0. The standard InChI is InChI=1S/C11H23NO3/c1-3-5-8-15-9-6-10(11(13)14)12-7-4-2/h10,12H,3-9H2,1-2H3,(H,13,14). The van der Waals surface area contributed by atoms with Crippen molar-refractivity contribution in [3.8, 4) is 0 Å². The maximum Gasteiger partial charge on any atom is 0.320 e. The lowest BCUT2D eigenvalue weighted by molar-refractivity contribution is -0.140. The number of rotatable bonds is 10. The van der Waals surface area contributed by atoms with Crippen molar-refractivity contribution in [1.29, 1.82) is 0 Å². The Morgan fingerprint density at radius 1 is 1.33 bits per heavy atom. The lowest BCUT2D eigenvalue weighted by Crippen LogP contribution is -2.38. The molecule has 0 aliphatic heterocycles. The lowest BCUT2D eigenvalue weighted by atomic mass is 10.2. The Bertz CT molecular complexity index is 162. The van der Waals surface area contributed by atoms with Crippen molar-refractivity contribution in [1.82, 2.24) is 5.32 Å². The number of carbonyl (C=O) groups is 1. The molecule has 0 aliphatic rings. The molecule has 0 radical (unpaired) electrons. The fourth-order valence-corrected chi connectivity index (χ4v) is 1.18. The molecule has 0 aliphatic carbocycles. The van der Waals surface area contributed by atoms with E-state index in [-0.39, 0.29) is 0 Å². The molecule has 0 aromatic rings. The summed E-state index contributed by atoms with van der Waals surface area (Å²) in [6.45, 7) is 6.12. The van der Waals surface area contributed by atoms with Gasteiger partial charge in [-0.2, -0.15) is 0 Å². The number of carboxylic acids is 1. The Balaban J connectivity index is 3.53. The quantitative estimate of drug-likeness (QED) is 0.546. The van der Waals surface area contributed by atoms with E-state index in [9.17, 15) is 4.79 Å². The molecule has 0 heterocycles. The number of unbranched alkanes of at least 4 members (excludes halogenated alkanes) is 1. The molecule has 0 amide bonds. The fraction of sp³-hybridized carbons (Fsp3) is 0.909. The smallest absolute Gasteiger partial charge is 0.320 e. The number of aliphatic carboxylic acids is 1. The summed E-state index contributed by atoms with van der Waals surface area (Å²) >= 11 is 0. The molecule has 1 unspecified atom stereocenters. The molecule has 2 N–H and O–H groups in total. The minimum absolute atomic E-state index is 0.466. The molecule has 1 atom stereocenters. The molecule has 90 valence electrons. The maximum absolute atomic E-state index is 10.8. The first-order valence-electron chi connectivity index (χ1n) is 5.76. The summed E-state index contributed by atoms with van der Waals surface area (Å²) in [5, 5.41) is 11.9. The van der Waals surface area contributed by atoms with Crippen LogP contribution in [0.25, 0.3) is 0 Å². The first-order valence-corrected chi connectivity index (χ1v) is 5.76. The van der Waals surface area contributed by atoms with Gasteiger partial charge < -0.3 is 15.2 Å². The summed E-state index contributed by atoms with van der Waals surface area (Å²) in [6, 6.07) is -0.466. The molecule has 0 rings (SSSR count). The minimum atomic E-state index is -0.789. The van der Waals surface area contributed by atoms with Crippen LogP contribution in [0.4, 0.5) is 0 Å². The van der Waals surface area contributed by atoms with Crippen LogP contribution in [-0.2, 0) is 9.53 Å². The Kier molecular flexibility index (Phi) is 9.52. The number of hydrogen-bond donors (Lipinski definition) is 2. The highest BCUT2D eigenvalue weighted by Gasteiger charge is 2.15. The van der Waals surface area contributed by atoms with Crippen LogP contribution in [0, 0.1) is 0 Å². The minimum Gasteiger partial charge on any atom is -0.480 e. The molecule has 0 aromatic carbocycles. The van der Waals surface area contributed by atoms with Gasteiger partial charge in [-0.25, -0.2) is 0 Å². The molecule has 0 saturated carbocycles. The van der Waals surface area contributed by atoms with Crippen molar-refractivity contribution >= 4 is 5.97 Å². The zero-order valence-electron chi connectivity index (χ0n) is 9.79. The molecular weight excluding hydrogens is 194 g/mol. The predicted octanol–water partition coefficient (Wildman–Crippen LogP) is 1.65. The van der Waals surface area contributed by atoms with Gasteiger partial charge in [0.25, 0.3) is 0 Å². The van der Waals surface area contributed by atoms with Crippen LogP contribution in [0.2, 0.25) is 0 Å². The summed E-state index contributed by atoms with van der Waals surface area (Å²) in [5.74, 6) is -0.789. The van der Waals surface area contributed by atoms with Crippen LogP contribution in [0.5, 0.6) is 0 Å². The molecular formula is C11H23NO3. The van der Waals surface area contributed by atoms with E-state index < -0.39 is 12.0 Å². The van der Waals surface area contributed by atoms with Gasteiger partial charge in [0, 0.05) is 13.2 Å². The van der Waals surface area contributed by atoms with E-state index in [0.717, 1.165) is 32.4 Å². The molecule has 0 spiro atoms. The fourth-order valence-electron chi connectivity index (χ4n) is 1.18. The second-order valence-electron chi connectivity index (χ2n) is 3.60. The van der Waals surface area contributed by atoms with Crippen molar-refractivity contribution in [2.24, 2.45) is 0 Å². The Morgan fingerprint density at radius 2 is 2.07 bits per heavy atom. The van der Waals surface area contributed by atoms with Gasteiger partial charge in [0.1, 0.15) is 6.04 Å². The number of nitrogens with one attached hydrogen (secondary N) is 1. The number of carboxylic acid groups (broad SMARTS) is 1. The summed E-state index contributed by atoms with van der Waals surface area (Å²) < 4.78 is 5.33. The predicted molar refractivity (Wildman–Crippen MR) is 60.1 cm³/mol. The third kappa shape index (κ3) is 8.39. The molecule has 0 fully saturated rings. The highest BCUT2D eigenvalue weighted by atomic mass is 16.5. The second-order valence-corrected chi connectivity index (χ2v) is 3.60. The first kappa shape index (κ1) is 14.4. The number of ether oxygens (including phenoxy) is 1. The monoisotopic (exact) mass is 217 g/mol. The summed E-state index contributed by atoms with van der Waals surface area (Å²) in [6.07, 6.45) is 3.64. The van der Waals surface area contributed by atoms with E-state index in [2.05, 4.69) is 12.2 Å². The molecule has 4 heteroatoms.